The van der Waals surface area contributed by atoms with Gasteiger partial charge in [-0.3, -0.25) is 57.5 Å². The quantitative estimate of drug-likeness (QED) is 0.0368. The molecule has 0 unspecified atom stereocenters. The molecule has 20 N–H and O–H groups in total. The highest BCUT2D eigenvalue weighted by atomic mass is 16.5. The second kappa shape index (κ2) is 48.7. The molecule has 1 heterocycles. The van der Waals surface area contributed by atoms with Crippen LogP contribution in [0.5, 0.6) is 0 Å². The first-order chi connectivity index (χ1) is 46.6. The third-order valence-electron chi connectivity index (χ3n) is 17.3. The zero-order valence-corrected chi connectivity index (χ0v) is 58.7. The van der Waals surface area contributed by atoms with Crippen LogP contribution in [0.4, 0.5) is 0 Å². The number of hydrogen-bond acceptors (Lipinski definition) is 21. The zero-order chi connectivity index (χ0) is 73.3. The summed E-state index contributed by atoms with van der Waals surface area (Å²) in [5.74, 6) is -14.7. The van der Waals surface area contributed by atoms with Gasteiger partial charge in [0.1, 0.15) is 23.9 Å². The van der Waals surface area contributed by atoms with Gasteiger partial charge in [-0.1, -0.05) is 89.6 Å². The minimum Gasteiger partial charge on any atom is -0.393 e. The van der Waals surface area contributed by atoms with Crippen molar-refractivity contribution in [2.24, 2.45) is 58.3 Å². The Bertz CT molecular complexity index is 2680. The Hall–Kier alpha value is -6.99. The molecule has 0 saturated carbocycles. The number of amides is 8. The maximum Gasteiger partial charge on any atom is 0.243 e. The number of Topliss-reactive ketones (excluding diaryl/α,β-unsaturated/α-hetero) is 5. The van der Waals surface area contributed by atoms with Crippen LogP contribution < -0.4 is 71.2 Å². The van der Waals surface area contributed by atoms with Gasteiger partial charge in [0.05, 0.1) is 54.8 Å². The normalized spacial score (nSPS) is 21.6. The number of rotatable bonds is 41. The number of nitrogens with two attached hydrogens (primary N) is 5. The molecule has 98 heavy (non-hydrogen) atoms. The molecule has 29 nitrogen and oxygen atoms in total. The van der Waals surface area contributed by atoms with Crippen molar-refractivity contribution in [1.29, 1.82) is 0 Å². The van der Waals surface area contributed by atoms with E-state index in [2.05, 4.69) is 49.5 Å². The number of carbonyl (C=O) groups is 13. The smallest absolute Gasteiger partial charge is 0.243 e. The number of benzene rings is 1. The third kappa shape index (κ3) is 33.7. The van der Waals surface area contributed by atoms with Gasteiger partial charge in [-0.25, -0.2) is 0 Å². The number of aliphatic hydroxyl groups excluding tert-OH is 2. The van der Waals surface area contributed by atoms with E-state index in [4.69, 9.17) is 33.4 Å². The van der Waals surface area contributed by atoms with Crippen LogP contribution in [0.2, 0.25) is 0 Å². The van der Waals surface area contributed by atoms with Gasteiger partial charge in [0.2, 0.25) is 47.3 Å². The molecule has 29 heteroatoms. The lowest BCUT2D eigenvalue weighted by atomic mass is 9.88. The van der Waals surface area contributed by atoms with Crippen LogP contribution in [-0.4, -0.2) is 193 Å². The summed E-state index contributed by atoms with van der Waals surface area (Å²) < 4.78 is 5.52. The first kappa shape index (κ1) is 87.1. The van der Waals surface area contributed by atoms with E-state index >= 15 is 0 Å². The molecule has 0 bridgehead atoms. The van der Waals surface area contributed by atoms with E-state index in [9.17, 15) is 72.5 Å². The van der Waals surface area contributed by atoms with Gasteiger partial charge in [-0.05, 0) is 129 Å². The molecule has 0 aliphatic carbocycles. The Morgan fingerprint density at radius 3 is 1.69 bits per heavy atom. The first-order valence-electron chi connectivity index (χ1n) is 35.1. The number of aliphatic hydroxyl groups is 2. The van der Waals surface area contributed by atoms with Gasteiger partial charge >= 0.3 is 0 Å². The number of ketones is 5. The summed E-state index contributed by atoms with van der Waals surface area (Å²) in [6.07, 6.45) is -0.0495. The fourth-order valence-corrected chi connectivity index (χ4v) is 11.5. The Labute approximate surface area is 577 Å². The monoisotopic (exact) mass is 1380 g/mol. The summed E-state index contributed by atoms with van der Waals surface area (Å²) in [7, 11) is 0. The Kier molecular flexibility index (Phi) is 43.3. The van der Waals surface area contributed by atoms with E-state index in [1.807, 2.05) is 13.8 Å². The highest BCUT2D eigenvalue weighted by molar-refractivity contribution is 5.99. The minimum atomic E-state index is -1.53. The van der Waals surface area contributed by atoms with Crippen molar-refractivity contribution < 1.29 is 77.3 Å². The molecule has 0 radical (unpaired) electrons. The molecule has 0 aromatic heterocycles. The average Bonchev–Trinajstić information content (AvgIpc) is 1.41. The van der Waals surface area contributed by atoms with Crippen LogP contribution in [0.25, 0.3) is 0 Å². The van der Waals surface area contributed by atoms with Crippen molar-refractivity contribution in [3.05, 3.63) is 35.9 Å². The predicted molar refractivity (Wildman–Crippen MR) is 368 cm³/mol. The lowest BCUT2D eigenvalue weighted by Gasteiger charge is -2.28. The van der Waals surface area contributed by atoms with Gasteiger partial charge in [-0.2, -0.15) is 0 Å². The van der Waals surface area contributed by atoms with Gasteiger partial charge in [0.25, 0.3) is 0 Å². The third-order valence-corrected chi connectivity index (χ3v) is 17.3. The molecule has 1 aromatic carbocycles. The Morgan fingerprint density at radius 2 is 1.11 bits per heavy atom. The van der Waals surface area contributed by atoms with Gasteiger partial charge < -0.3 is 90.9 Å². The summed E-state index contributed by atoms with van der Waals surface area (Å²) in [5, 5.41) is 43.5. The largest absolute Gasteiger partial charge is 0.393 e. The van der Waals surface area contributed by atoms with Crippen LogP contribution >= 0.6 is 0 Å². The number of hydrogen-bond donors (Lipinski definition) is 15. The highest BCUT2D eigenvalue weighted by Crippen LogP contribution is 2.22. The maximum atomic E-state index is 14.8. The standard InChI is InChI=1S/C69H117N13O16/c1-7-8-9-10-11-15-20-55(76-62(90)27-35-98-34-16-17-43(4)83)67(95)79-54(24-31-73)61(89)41-50(45(6)85)66(94)78-52(22-29-71)58(86)38-47-26-33-75-65(93)49(44(5)84)40-60(88)53(23-30-72)80-68(96)56(25-32-74)81-69(97)57(36-42(2)3)82-64(92)48(37-46-18-13-12-14-19-46)39-59(87)51(21-28-70)77-63(47)91/h12-14,18-19,42,44-45,47-57,84-85H,7-11,15-17,20-41,70-74H2,1-6H3,(H,75,93)(H,76,90)(H,77,91)(H,78,94)(H,79,95)(H,80,96)(H,81,97)(H,82,92)/t44-,45-,47-,48+,49+,50+,51+,52+,53+,54+,55+,56+,57+/m1/s1. The minimum absolute atomic E-state index is 0.00947. The predicted octanol–water partition coefficient (Wildman–Crippen LogP) is -0.478. The summed E-state index contributed by atoms with van der Waals surface area (Å²) in [5.41, 5.74) is 30.5. The van der Waals surface area contributed by atoms with Crippen LogP contribution in [0, 0.1) is 29.6 Å². The molecule has 13 atom stereocenters. The van der Waals surface area contributed by atoms with Crippen LogP contribution in [0.1, 0.15) is 182 Å². The summed E-state index contributed by atoms with van der Waals surface area (Å²) in [6.45, 7) is 9.00. The van der Waals surface area contributed by atoms with Crippen molar-refractivity contribution in [2.75, 3.05) is 52.5 Å². The van der Waals surface area contributed by atoms with Crippen molar-refractivity contribution >= 4 is 76.2 Å². The molecule has 0 spiro atoms. The Morgan fingerprint density at radius 1 is 0.571 bits per heavy atom. The molecule has 1 aliphatic rings. The molecule has 8 amide bonds. The fourth-order valence-electron chi connectivity index (χ4n) is 11.5. The molecule has 1 fully saturated rings. The van der Waals surface area contributed by atoms with E-state index in [1.165, 1.54) is 20.8 Å². The van der Waals surface area contributed by atoms with E-state index < -0.39 is 174 Å². The summed E-state index contributed by atoms with van der Waals surface area (Å²) in [6, 6.07) is -0.323. The molecular weight excluding hydrogens is 1270 g/mol. The van der Waals surface area contributed by atoms with E-state index in [0.717, 1.165) is 32.1 Å². The molecule has 1 aromatic rings. The van der Waals surface area contributed by atoms with Gasteiger partial charge in [-0.15, -0.1) is 0 Å². The maximum absolute atomic E-state index is 14.8. The van der Waals surface area contributed by atoms with Crippen molar-refractivity contribution in [3.8, 4) is 0 Å². The van der Waals surface area contributed by atoms with E-state index in [-0.39, 0.29) is 128 Å². The second-order valence-electron chi connectivity index (χ2n) is 26.3. The second-order valence-corrected chi connectivity index (χ2v) is 26.3. The molecule has 2 rings (SSSR count). The number of ether oxygens (including phenoxy) is 1. The van der Waals surface area contributed by atoms with Gasteiger partial charge in [0.15, 0.2) is 23.1 Å². The molecule has 1 saturated heterocycles. The molecule has 1 aliphatic heterocycles. The molecular formula is C69H117N13O16. The average molecular weight is 1380 g/mol. The first-order valence-corrected chi connectivity index (χ1v) is 35.1. The van der Waals surface area contributed by atoms with Crippen molar-refractivity contribution in [3.63, 3.8) is 0 Å². The summed E-state index contributed by atoms with van der Waals surface area (Å²) in [4.78, 5) is 182. The van der Waals surface area contributed by atoms with E-state index in [0.29, 0.717) is 24.8 Å². The van der Waals surface area contributed by atoms with Crippen molar-refractivity contribution in [1.82, 2.24) is 42.5 Å². The number of carbonyl (C=O) groups excluding carboxylic acids is 13. The highest BCUT2D eigenvalue weighted by Gasteiger charge is 2.39. The SMILES string of the molecule is CCCCCCCC[C@H](NC(=O)CCOCCCC(C)=O)C(=O)N[C@@H](CCN)C(=O)C[C@H](C(=O)N[C@@H](CCN)C(=O)C[C@H]1CCNC(=O)[C@H]([C@@H](C)O)CC(=O)[C@H](CCN)NC(=O)[C@H](CCN)NC(=O)[C@H](CC(C)C)NC(=O)[C@@H](Cc2ccccc2)CC(=O)[C@H](CCN)NC1=O)[C@@H](C)O. The summed E-state index contributed by atoms with van der Waals surface area (Å²) >= 11 is 0. The zero-order valence-electron chi connectivity index (χ0n) is 58.7. The number of nitrogens with one attached hydrogen (secondary N) is 8. The fraction of sp³-hybridized carbons (Fsp3) is 0.725. The lowest BCUT2D eigenvalue weighted by Crippen LogP contribution is -2.57. The van der Waals surface area contributed by atoms with E-state index in [1.54, 1.807) is 30.3 Å². The van der Waals surface area contributed by atoms with Crippen LogP contribution in [0.3, 0.4) is 0 Å². The van der Waals surface area contributed by atoms with Crippen LogP contribution in [-0.2, 0) is 73.5 Å². The lowest BCUT2D eigenvalue weighted by molar-refractivity contribution is -0.138. The van der Waals surface area contributed by atoms with Crippen molar-refractivity contribution in [2.45, 2.75) is 237 Å². The molecule has 554 valence electrons. The Balaban J connectivity index is 2.64. The van der Waals surface area contributed by atoms with Crippen LogP contribution in [0.15, 0.2) is 30.3 Å². The van der Waals surface area contributed by atoms with Gasteiger partial charge in [0, 0.05) is 63.5 Å². The number of unbranched alkanes of at least 4 members (excludes halogenated alkanes) is 5. The topological polar surface area (TPSA) is 498 Å².